The molecular weight excluding hydrogens is 244 g/mol. The monoisotopic (exact) mass is 268 g/mol. The third-order valence-corrected chi connectivity index (χ3v) is 3.09. The lowest BCUT2D eigenvalue weighted by Gasteiger charge is -2.15. The minimum atomic E-state index is -0.344. The van der Waals surface area contributed by atoms with Crippen molar-refractivity contribution in [2.24, 2.45) is 0 Å². The largest absolute Gasteiger partial charge is 0.362 e. The summed E-state index contributed by atoms with van der Waals surface area (Å²) < 4.78 is 1.72. The second-order valence-electron chi connectivity index (χ2n) is 4.95. The molecule has 1 aromatic heterocycles. The molecule has 1 rings (SSSR count). The molecule has 0 aliphatic rings. The number of nitro groups is 1. The van der Waals surface area contributed by atoms with Gasteiger partial charge < -0.3 is 5.32 Å². The molecular formula is C13H24N4O2. The van der Waals surface area contributed by atoms with Gasteiger partial charge in [0, 0.05) is 12.6 Å². The summed E-state index contributed by atoms with van der Waals surface area (Å²) in [5, 5.41) is 18.7. The van der Waals surface area contributed by atoms with Crippen molar-refractivity contribution in [2.45, 2.75) is 66.0 Å². The van der Waals surface area contributed by atoms with Crippen LogP contribution in [0.4, 0.5) is 11.5 Å². The van der Waals surface area contributed by atoms with E-state index in [-0.39, 0.29) is 16.7 Å². The summed E-state index contributed by atoms with van der Waals surface area (Å²) in [6, 6.07) is 0.213. The molecule has 0 fully saturated rings. The van der Waals surface area contributed by atoms with Crippen LogP contribution in [0.3, 0.4) is 0 Å². The van der Waals surface area contributed by atoms with E-state index in [1.807, 2.05) is 6.92 Å². The van der Waals surface area contributed by atoms with Crippen LogP contribution >= 0.6 is 0 Å². The van der Waals surface area contributed by atoms with Crippen LogP contribution in [-0.2, 0) is 6.54 Å². The van der Waals surface area contributed by atoms with E-state index in [1.54, 1.807) is 11.6 Å². The smallest absolute Gasteiger partial charge is 0.333 e. The zero-order valence-electron chi connectivity index (χ0n) is 12.3. The van der Waals surface area contributed by atoms with E-state index < -0.39 is 0 Å². The average molecular weight is 268 g/mol. The number of hydrogen-bond donors (Lipinski definition) is 1. The lowest BCUT2D eigenvalue weighted by Crippen LogP contribution is -2.19. The number of nitrogens with one attached hydrogen (secondary N) is 1. The second-order valence-corrected chi connectivity index (χ2v) is 4.95. The first-order chi connectivity index (χ1) is 9.01. The molecule has 0 aliphatic carbocycles. The lowest BCUT2D eigenvalue weighted by atomic mass is 10.1. The Morgan fingerprint density at radius 2 is 2.11 bits per heavy atom. The van der Waals surface area contributed by atoms with Crippen LogP contribution in [0.2, 0.25) is 0 Å². The van der Waals surface area contributed by atoms with Crippen molar-refractivity contribution < 1.29 is 4.92 Å². The van der Waals surface area contributed by atoms with Gasteiger partial charge in [0.05, 0.1) is 4.92 Å². The molecule has 1 N–H and O–H groups in total. The number of rotatable bonds is 8. The molecule has 108 valence electrons. The van der Waals surface area contributed by atoms with Gasteiger partial charge in [0.1, 0.15) is 5.69 Å². The highest BCUT2D eigenvalue weighted by Crippen LogP contribution is 2.29. The molecule has 1 aromatic rings. The molecule has 0 aliphatic heterocycles. The topological polar surface area (TPSA) is 73.0 Å². The summed E-state index contributed by atoms with van der Waals surface area (Å²) in [6.45, 7) is 8.61. The molecule has 6 nitrogen and oxygen atoms in total. The minimum Gasteiger partial charge on any atom is -0.362 e. The van der Waals surface area contributed by atoms with E-state index in [2.05, 4.69) is 24.3 Å². The van der Waals surface area contributed by atoms with Crippen molar-refractivity contribution in [3.05, 3.63) is 15.8 Å². The Morgan fingerprint density at radius 3 is 2.63 bits per heavy atom. The number of unbranched alkanes of at least 4 members (excludes halogenated alkanes) is 1. The average Bonchev–Trinajstić information content (AvgIpc) is 2.63. The molecule has 1 atom stereocenters. The Kier molecular flexibility index (Phi) is 5.79. The minimum absolute atomic E-state index is 0.108. The van der Waals surface area contributed by atoms with Gasteiger partial charge in [0.15, 0.2) is 0 Å². The molecule has 1 heterocycles. The van der Waals surface area contributed by atoms with E-state index >= 15 is 0 Å². The number of aryl methyl sites for hydroxylation is 2. The Hall–Kier alpha value is -1.59. The Balaban J connectivity index is 2.97. The normalized spacial score (nSPS) is 12.4. The maximum absolute atomic E-state index is 11.2. The highest BCUT2D eigenvalue weighted by molar-refractivity contribution is 5.59. The fourth-order valence-electron chi connectivity index (χ4n) is 2.12. The van der Waals surface area contributed by atoms with E-state index in [9.17, 15) is 10.1 Å². The summed E-state index contributed by atoms with van der Waals surface area (Å²) in [5.41, 5.74) is 0.584. The molecule has 0 radical (unpaired) electrons. The van der Waals surface area contributed by atoms with E-state index in [0.29, 0.717) is 18.1 Å². The van der Waals surface area contributed by atoms with Crippen LogP contribution in [0.15, 0.2) is 0 Å². The van der Waals surface area contributed by atoms with Gasteiger partial charge in [-0.3, -0.25) is 10.1 Å². The number of hydrogen-bond acceptors (Lipinski definition) is 4. The van der Waals surface area contributed by atoms with Crippen molar-refractivity contribution in [1.82, 2.24) is 9.78 Å². The summed E-state index contributed by atoms with van der Waals surface area (Å²) in [7, 11) is 0. The maximum Gasteiger partial charge on any atom is 0.333 e. The van der Waals surface area contributed by atoms with Gasteiger partial charge in [-0.2, -0.15) is 5.10 Å². The zero-order chi connectivity index (χ0) is 14.4. The predicted molar refractivity (Wildman–Crippen MR) is 76.5 cm³/mol. The van der Waals surface area contributed by atoms with Gasteiger partial charge in [-0.15, -0.1) is 0 Å². The molecule has 0 aromatic carbocycles. The Bertz CT molecular complexity index is 429. The molecule has 0 spiro atoms. The Morgan fingerprint density at radius 1 is 1.42 bits per heavy atom. The number of anilines is 1. The highest BCUT2D eigenvalue weighted by atomic mass is 16.6. The Labute approximate surface area is 114 Å². The first-order valence-corrected chi connectivity index (χ1v) is 6.99. The molecule has 1 unspecified atom stereocenters. The van der Waals surface area contributed by atoms with Crippen molar-refractivity contribution in [2.75, 3.05) is 5.32 Å². The molecule has 19 heavy (non-hydrogen) atoms. The summed E-state index contributed by atoms with van der Waals surface area (Å²) >= 11 is 0. The third kappa shape index (κ3) is 3.94. The molecule has 6 heteroatoms. The quantitative estimate of drug-likeness (QED) is 0.578. The maximum atomic E-state index is 11.2. The first kappa shape index (κ1) is 15.5. The summed E-state index contributed by atoms with van der Waals surface area (Å²) in [5.74, 6) is 0.549. The van der Waals surface area contributed by atoms with Gasteiger partial charge >= 0.3 is 5.69 Å². The number of aromatic nitrogens is 2. The number of nitrogens with zero attached hydrogens (tertiary/aromatic N) is 3. The van der Waals surface area contributed by atoms with Gasteiger partial charge in [0.2, 0.25) is 5.82 Å². The fourth-order valence-corrected chi connectivity index (χ4v) is 2.12. The standard InChI is InChI=1S/C13H24N4O2/c1-5-7-8-10(3)14-13-12(17(18)19)11(4)15-16(13)9-6-2/h10,14H,5-9H2,1-4H3. The van der Waals surface area contributed by atoms with Crippen LogP contribution in [0, 0.1) is 17.0 Å². The SMILES string of the molecule is CCCCC(C)Nc1c([N+](=O)[O-])c(C)nn1CCC. The van der Waals surface area contributed by atoms with E-state index in [0.717, 1.165) is 25.7 Å². The second kappa shape index (κ2) is 7.11. The molecule has 0 saturated heterocycles. The predicted octanol–water partition coefficient (Wildman–Crippen LogP) is 3.50. The van der Waals surface area contributed by atoms with Crippen LogP contribution in [0.5, 0.6) is 0 Å². The fraction of sp³-hybridized carbons (Fsp3) is 0.769. The summed E-state index contributed by atoms with van der Waals surface area (Å²) in [6.07, 6.45) is 4.14. The lowest BCUT2D eigenvalue weighted by molar-refractivity contribution is -0.384. The molecule has 0 bridgehead atoms. The van der Waals surface area contributed by atoms with Gasteiger partial charge in [-0.25, -0.2) is 4.68 Å². The highest BCUT2D eigenvalue weighted by Gasteiger charge is 2.25. The summed E-state index contributed by atoms with van der Waals surface area (Å²) in [4.78, 5) is 10.8. The molecule has 0 amide bonds. The third-order valence-electron chi connectivity index (χ3n) is 3.09. The van der Waals surface area contributed by atoms with Gasteiger partial charge in [-0.1, -0.05) is 26.7 Å². The zero-order valence-corrected chi connectivity index (χ0v) is 12.3. The molecule has 0 saturated carbocycles. The van der Waals surface area contributed by atoms with Crippen LogP contribution < -0.4 is 5.32 Å². The van der Waals surface area contributed by atoms with Crippen LogP contribution in [0.25, 0.3) is 0 Å². The van der Waals surface area contributed by atoms with Gasteiger partial charge in [-0.05, 0) is 26.7 Å². The van der Waals surface area contributed by atoms with E-state index in [1.165, 1.54) is 0 Å². The van der Waals surface area contributed by atoms with Crippen molar-refractivity contribution in [1.29, 1.82) is 0 Å². The van der Waals surface area contributed by atoms with Crippen molar-refractivity contribution in [3.63, 3.8) is 0 Å². The van der Waals surface area contributed by atoms with E-state index in [4.69, 9.17) is 0 Å². The first-order valence-electron chi connectivity index (χ1n) is 6.99. The van der Waals surface area contributed by atoms with Crippen molar-refractivity contribution in [3.8, 4) is 0 Å². The van der Waals surface area contributed by atoms with Crippen LogP contribution in [-0.4, -0.2) is 20.7 Å². The van der Waals surface area contributed by atoms with Crippen LogP contribution in [0.1, 0.15) is 52.1 Å². The van der Waals surface area contributed by atoms with Crippen molar-refractivity contribution >= 4 is 11.5 Å². The van der Waals surface area contributed by atoms with Gasteiger partial charge in [0.25, 0.3) is 0 Å².